The zero-order valence-corrected chi connectivity index (χ0v) is 14.4. The van der Waals surface area contributed by atoms with Crippen molar-refractivity contribution in [1.29, 1.82) is 0 Å². The van der Waals surface area contributed by atoms with Crippen molar-refractivity contribution in [3.63, 3.8) is 0 Å². The third kappa shape index (κ3) is 4.03. The normalized spacial score (nSPS) is 17.2. The number of aryl methyl sites for hydroxylation is 1. The van der Waals surface area contributed by atoms with E-state index in [0.717, 1.165) is 5.56 Å². The number of rotatable bonds is 4. The maximum atomic E-state index is 12.9. The number of carboxylic acids is 1. The topological polar surface area (TPSA) is 101 Å². The van der Waals surface area contributed by atoms with E-state index in [0.29, 0.717) is 24.5 Å². The molecule has 9 heteroatoms. The smallest absolute Gasteiger partial charge is 0.308 e. The Labute approximate surface area is 150 Å². The number of nitrogens with zero attached hydrogens (tertiary/aromatic N) is 5. The monoisotopic (exact) mass is 363 g/mol. The minimum Gasteiger partial charge on any atom is -0.481 e. The summed E-state index contributed by atoms with van der Waals surface area (Å²) in [6.45, 7) is 2.31. The summed E-state index contributed by atoms with van der Waals surface area (Å²) in [5, 5.41) is 20.4. The van der Waals surface area contributed by atoms with Crippen LogP contribution in [0.5, 0.6) is 0 Å². The summed E-state index contributed by atoms with van der Waals surface area (Å²) >= 11 is 0. The van der Waals surface area contributed by atoms with Crippen LogP contribution in [0.1, 0.15) is 17.8 Å². The van der Waals surface area contributed by atoms with Gasteiger partial charge >= 0.3 is 5.97 Å². The van der Waals surface area contributed by atoms with Crippen LogP contribution in [0.4, 0.5) is 0 Å². The standard InChI is InChI=1S/C16H17N5O3.ClH/c1-11-17-18-19-21(11)14(9-12-5-3-2-4-6-12)15(22)20-8-7-13(10-20)16(23)24;/h2-6,9,13H,7-8,10H2,1H3,(H,23,24);1H/b14-9-;. The number of benzene rings is 1. The molecule has 0 saturated carbocycles. The number of carboxylic acid groups (broad SMARTS) is 1. The lowest BCUT2D eigenvalue weighted by Gasteiger charge is -2.18. The first kappa shape index (κ1) is 18.6. The van der Waals surface area contributed by atoms with Crippen LogP contribution in [-0.2, 0) is 9.59 Å². The third-order valence-electron chi connectivity index (χ3n) is 4.00. The van der Waals surface area contributed by atoms with Crippen molar-refractivity contribution in [2.75, 3.05) is 13.1 Å². The Bertz CT molecular complexity index is 790. The van der Waals surface area contributed by atoms with Crippen LogP contribution < -0.4 is 0 Å². The zero-order chi connectivity index (χ0) is 17.1. The van der Waals surface area contributed by atoms with Crippen molar-refractivity contribution < 1.29 is 14.7 Å². The molecule has 1 aromatic carbocycles. The maximum Gasteiger partial charge on any atom is 0.308 e. The van der Waals surface area contributed by atoms with Gasteiger partial charge in [0.05, 0.1) is 5.92 Å². The van der Waals surface area contributed by atoms with E-state index in [9.17, 15) is 9.59 Å². The number of aliphatic carboxylic acids is 1. The van der Waals surface area contributed by atoms with Gasteiger partial charge in [-0.15, -0.1) is 17.5 Å². The summed E-state index contributed by atoms with van der Waals surface area (Å²) in [6.07, 6.45) is 2.16. The molecule has 1 amide bonds. The van der Waals surface area contributed by atoms with Crippen molar-refractivity contribution in [3.05, 3.63) is 41.7 Å². The molecule has 0 radical (unpaired) electrons. The number of tetrazole rings is 1. The maximum absolute atomic E-state index is 12.9. The average Bonchev–Trinajstić information content (AvgIpc) is 3.22. The van der Waals surface area contributed by atoms with E-state index in [1.807, 2.05) is 30.3 Å². The molecule has 1 N–H and O–H groups in total. The molecule has 1 saturated heterocycles. The number of likely N-dealkylation sites (tertiary alicyclic amines) is 1. The van der Waals surface area contributed by atoms with Gasteiger partial charge in [-0.1, -0.05) is 30.3 Å². The van der Waals surface area contributed by atoms with Crippen LogP contribution in [0.25, 0.3) is 11.8 Å². The van der Waals surface area contributed by atoms with Gasteiger partial charge in [-0.3, -0.25) is 9.59 Å². The Morgan fingerprint density at radius 2 is 2.00 bits per heavy atom. The van der Waals surface area contributed by atoms with Gasteiger partial charge < -0.3 is 10.0 Å². The van der Waals surface area contributed by atoms with Gasteiger partial charge in [-0.2, -0.15) is 4.68 Å². The van der Waals surface area contributed by atoms with Crippen molar-refractivity contribution in [1.82, 2.24) is 25.1 Å². The average molecular weight is 364 g/mol. The van der Waals surface area contributed by atoms with Crippen LogP contribution in [-0.4, -0.2) is 55.2 Å². The first-order valence-corrected chi connectivity index (χ1v) is 7.60. The fourth-order valence-corrected chi connectivity index (χ4v) is 2.68. The minimum atomic E-state index is -0.877. The van der Waals surface area contributed by atoms with Crippen molar-refractivity contribution >= 4 is 36.1 Å². The highest BCUT2D eigenvalue weighted by Gasteiger charge is 2.33. The van der Waals surface area contributed by atoms with E-state index in [1.165, 1.54) is 9.58 Å². The van der Waals surface area contributed by atoms with Crippen molar-refractivity contribution in [2.24, 2.45) is 5.92 Å². The molecule has 132 valence electrons. The van der Waals surface area contributed by atoms with Crippen LogP contribution in [0.3, 0.4) is 0 Å². The number of hydrogen-bond acceptors (Lipinski definition) is 5. The van der Waals surface area contributed by atoms with Crippen LogP contribution in [0, 0.1) is 12.8 Å². The number of carbonyl (C=O) groups excluding carboxylic acids is 1. The number of halogens is 1. The predicted octanol–water partition coefficient (Wildman–Crippen LogP) is 1.33. The molecule has 1 aliphatic rings. The van der Waals surface area contributed by atoms with Crippen molar-refractivity contribution in [3.8, 4) is 0 Å². The molecule has 0 aliphatic carbocycles. The number of aromatic nitrogens is 4. The second kappa shape index (κ2) is 7.89. The summed E-state index contributed by atoms with van der Waals surface area (Å²) in [5.41, 5.74) is 1.14. The summed E-state index contributed by atoms with van der Waals surface area (Å²) in [5.74, 6) is -1.20. The summed E-state index contributed by atoms with van der Waals surface area (Å²) in [7, 11) is 0. The molecule has 1 aromatic heterocycles. The first-order valence-electron chi connectivity index (χ1n) is 7.60. The molecule has 25 heavy (non-hydrogen) atoms. The highest BCUT2D eigenvalue weighted by molar-refractivity contribution is 6.18. The van der Waals surface area contributed by atoms with Gasteiger partial charge in [-0.05, 0) is 35.4 Å². The molecule has 1 unspecified atom stereocenters. The van der Waals surface area contributed by atoms with E-state index in [1.54, 1.807) is 13.0 Å². The largest absolute Gasteiger partial charge is 0.481 e. The van der Waals surface area contributed by atoms with Gasteiger partial charge in [0.1, 0.15) is 5.70 Å². The summed E-state index contributed by atoms with van der Waals surface area (Å²) in [4.78, 5) is 25.6. The number of hydrogen-bond donors (Lipinski definition) is 1. The fraction of sp³-hybridized carbons (Fsp3) is 0.312. The molecule has 3 rings (SSSR count). The van der Waals surface area contributed by atoms with Crippen LogP contribution in [0.2, 0.25) is 0 Å². The second-order valence-electron chi connectivity index (χ2n) is 5.65. The predicted molar refractivity (Wildman–Crippen MR) is 92.7 cm³/mol. The Kier molecular flexibility index (Phi) is 5.87. The Hall–Kier alpha value is -2.74. The highest BCUT2D eigenvalue weighted by atomic mass is 35.5. The van der Waals surface area contributed by atoms with E-state index in [4.69, 9.17) is 5.11 Å². The lowest BCUT2D eigenvalue weighted by Crippen LogP contribution is -2.32. The molecule has 1 fully saturated rings. The van der Waals surface area contributed by atoms with E-state index in [-0.39, 0.29) is 24.9 Å². The van der Waals surface area contributed by atoms with E-state index >= 15 is 0 Å². The molecule has 1 atom stereocenters. The Balaban J connectivity index is 0.00000225. The number of amides is 1. The summed E-state index contributed by atoms with van der Waals surface area (Å²) < 4.78 is 1.38. The molecule has 0 spiro atoms. The lowest BCUT2D eigenvalue weighted by atomic mass is 10.1. The second-order valence-corrected chi connectivity index (χ2v) is 5.65. The van der Waals surface area contributed by atoms with Crippen LogP contribution >= 0.6 is 12.4 Å². The molecule has 2 aromatic rings. The van der Waals surface area contributed by atoms with Crippen LogP contribution in [0.15, 0.2) is 30.3 Å². The van der Waals surface area contributed by atoms with E-state index in [2.05, 4.69) is 15.5 Å². The summed E-state index contributed by atoms with van der Waals surface area (Å²) in [6, 6.07) is 9.38. The molecular formula is C16H18ClN5O3. The number of carbonyl (C=O) groups is 2. The van der Waals surface area contributed by atoms with Gasteiger partial charge in [0.15, 0.2) is 5.82 Å². The first-order chi connectivity index (χ1) is 11.6. The Morgan fingerprint density at radius 3 is 2.56 bits per heavy atom. The molecule has 0 bridgehead atoms. The quantitative estimate of drug-likeness (QED) is 0.822. The molecule has 2 heterocycles. The molecule has 8 nitrogen and oxygen atoms in total. The minimum absolute atomic E-state index is 0. The zero-order valence-electron chi connectivity index (χ0n) is 13.6. The fourth-order valence-electron chi connectivity index (χ4n) is 2.68. The van der Waals surface area contributed by atoms with Gasteiger partial charge in [0.2, 0.25) is 0 Å². The lowest BCUT2D eigenvalue weighted by molar-refractivity contribution is -0.141. The molecular weight excluding hydrogens is 346 g/mol. The highest BCUT2D eigenvalue weighted by Crippen LogP contribution is 2.21. The van der Waals surface area contributed by atoms with E-state index < -0.39 is 11.9 Å². The van der Waals surface area contributed by atoms with Gasteiger partial charge in [0.25, 0.3) is 5.91 Å². The SMILES string of the molecule is Cc1nnnn1/C(=C\c1ccccc1)C(=O)N1CCC(C(=O)O)C1.Cl. The van der Waals surface area contributed by atoms with Crippen molar-refractivity contribution in [2.45, 2.75) is 13.3 Å². The van der Waals surface area contributed by atoms with Gasteiger partial charge in [-0.25, -0.2) is 0 Å². The van der Waals surface area contributed by atoms with Gasteiger partial charge in [0, 0.05) is 13.1 Å². The third-order valence-corrected chi connectivity index (χ3v) is 4.00. The molecule has 1 aliphatic heterocycles. The Morgan fingerprint density at radius 1 is 1.28 bits per heavy atom.